The molecule has 2 aliphatic rings. The van der Waals surface area contributed by atoms with Gasteiger partial charge in [-0.2, -0.15) is 5.26 Å². The second kappa shape index (κ2) is 10.7. The molecule has 1 aromatic rings. The summed E-state index contributed by atoms with van der Waals surface area (Å²) >= 11 is 6.46. The summed E-state index contributed by atoms with van der Waals surface area (Å²) in [5.41, 5.74) is 0.970. The van der Waals surface area contributed by atoms with Gasteiger partial charge in [0.05, 0.1) is 11.3 Å². The van der Waals surface area contributed by atoms with Gasteiger partial charge in [-0.15, -0.1) is 0 Å². The zero-order chi connectivity index (χ0) is 25.2. The van der Waals surface area contributed by atoms with Crippen molar-refractivity contribution < 1.29 is 14.7 Å². The minimum atomic E-state index is -1.00. The van der Waals surface area contributed by atoms with Crippen molar-refractivity contribution in [3.05, 3.63) is 31.9 Å². The van der Waals surface area contributed by atoms with E-state index in [4.69, 9.17) is 17.3 Å². The van der Waals surface area contributed by atoms with E-state index in [-0.39, 0.29) is 30.0 Å². The standard InChI is InChI=1S/C24H30N4O4S2/c1-5-7-27-21(26-12-14(2)9-15(3)13-26)17(16(4)18(11-25)22(27)31)10-19-23(32)28(24(33)34-19)8-6-20(29)30/h10,14-15H,5-9,12-13H2,1-4H3,(H,29,30)/b19-10+. The van der Waals surface area contributed by atoms with Gasteiger partial charge in [0.15, 0.2) is 0 Å². The Hall–Kier alpha value is -2.64. The Morgan fingerprint density at radius 3 is 2.47 bits per heavy atom. The molecule has 1 N–H and O–H groups in total. The highest BCUT2D eigenvalue weighted by molar-refractivity contribution is 8.26. The van der Waals surface area contributed by atoms with Crippen molar-refractivity contribution in [2.24, 2.45) is 11.8 Å². The molecule has 2 atom stereocenters. The number of piperidine rings is 1. The van der Waals surface area contributed by atoms with E-state index in [9.17, 15) is 19.6 Å². The van der Waals surface area contributed by atoms with Gasteiger partial charge < -0.3 is 10.0 Å². The molecule has 0 radical (unpaired) electrons. The number of anilines is 1. The molecule has 3 heterocycles. The first-order chi connectivity index (χ1) is 16.1. The molecular formula is C24H30N4O4S2. The highest BCUT2D eigenvalue weighted by atomic mass is 32.2. The summed E-state index contributed by atoms with van der Waals surface area (Å²) in [5, 5.41) is 18.8. The number of aliphatic carboxylic acids is 1. The van der Waals surface area contributed by atoms with Crippen molar-refractivity contribution in [2.75, 3.05) is 24.5 Å². The lowest BCUT2D eigenvalue weighted by atomic mass is 9.91. The summed E-state index contributed by atoms with van der Waals surface area (Å²) in [7, 11) is 0. The van der Waals surface area contributed by atoms with Crippen LogP contribution in [0.1, 0.15) is 56.7 Å². The van der Waals surface area contributed by atoms with Crippen molar-refractivity contribution in [1.29, 1.82) is 5.26 Å². The van der Waals surface area contributed by atoms with Crippen molar-refractivity contribution in [2.45, 2.75) is 53.5 Å². The molecule has 1 amide bonds. The molecule has 0 aromatic carbocycles. The number of carboxylic acid groups (broad SMARTS) is 1. The number of nitriles is 1. The topological polar surface area (TPSA) is 107 Å². The molecular weight excluding hydrogens is 472 g/mol. The summed E-state index contributed by atoms with van der Waals surface area (Å²) in [6, 6.07) is 2.06. The van der Waals surface area contributed by atoms with Crippen LogP contribution in [0.2, 0.25) is 0 Å². The van der Waals surface area contributed by atoms with Crippen molar-refractivity contribution >= 4 is 52.1 Å². The van der Waals surface area contributed by atoms with E-state index in [0.717, 1.165) is 43.5 Å². The SMILES string of the molecule is CCCn1c(N2CC(C)CC(C)C2)c(/C=C2/SC(=S)N(CCC(=O)O)C2=O)c(C)c(C#N)c1=O. The van der Waals surface area contributed by atoms with Crippen LogP contribution in [0, 0.1) is 30.1 Å². The van der Waals surface area contributed by atoms with Crippen molar-refractivity contribution in [3.63, 3.8) is 0 Å². The van der Waals surface area contributed by atoms with Gasteiger partial charge in [-0.05, 0) is 43.2 Å². The summed E-state index contributed by atoms with van der Waals surface area (Å²) in [6.07, 6.45) is 3.34. The number of carbonyl (C=O) groups excluding carboxylic acids is 1. The largest absolute Gasteiger partial charge is 0.481 e. The van der Waals surface area contributed by atoms with E-state index in [1.54, 1.807) is 17.6 Å². The monoisotopic (exact) mass is 502 g/mol. The molecule has 0 saturated carbocycles. The number of carbonyl (C=O) groups is 2. The summed E-state index contributed by atoms with van der Waals surface area (Å²) in [5.74, 6) is 0.250. The van der Waals surface area contributed by atoms with Crippen LogP contribution in [-0.2, 0) is 16.1 Å². The average Bonchev–Trinajstić information content (AvgIpc) is 3.02. The number of hydrogen-bond acceptors (Lipinski definition) is 7. The highest BCUT2D eigenvalue weighted by Crippen LogP contribution is 2.37. The minimum absolute atomic E-state index is 0.00309. The molecule has 0 aliphatic carbocycles. The normalized spacial score (nSPS) is 21.9. The fraction of sp³-hybridized carbons (Fsp3) is 0.542. The third-order valence-corrected chi connectivity index (χ3v) is 7.54. The molecule has 3 rings (SSSR count). The molecule has 10 heteroatoms. The molecule has 2 fully saturated rings. The fourth-order valence-corrected chi connectivity index (χ4v) is 6.07. The van der Waals surface area contributed by atoms with Gasteiger partial charge in [-0.1, -0.05) is 44.8 Å². The Bertz CT molecular complexity index is 1140. The molecule has 0 spiro atoms. The summed E-state index contributed by atoms with van der Waals surface area (Å²) in [6.45, 7) is 10.1. The second-order valence-corrected chi connectivity index (χ2v) is 10.8. The van der Waals surface area contributed by atoms with E-state index in [2.05, 4.69) is 24.8 Å². The van der Waals surface area contributed by atoms with Crippen LogP contribution in [-0.4, -0.2) is 50.4 Å². The van der Waals surface area contributed by atoms with Crippen LogP contribution < -0.4 is 10.5 Å². The maximum Gasteiger partial charge on any atom is 0.305 e. The first-order valence-electron chi connectivity index (χ1n) is 11.5. The molecule has 1 aromatic heterocycles. The van der Waals surface area contributed by atoms with Gasteiger partial charge >= 0.3 is 5.97 Å². The number of rotatable bonds is 7. The summed E-state index contributed by atoms with van der Waals surface area (Å²) in [4.78, 5) is 41.2. The zero-order valence-corrected chi connectivity index (χ0v) is 21.6. The lowest BCUT2D eigenvalue weighted by molar-refractivity contribution is -0.137. The number of aromatic nitrogens is 1. The third-order valence-electron chi connectivity index (χ3n) is 6.16. The van der Waals surface area contributed by atoms with E-state index in [0.29, 0.717) is 38.7 Å². The minimum Gasteiger partial charge on any atom is -0.481 e. The predicted octanol–water partition coefficient (Wildman–Crippen LogP) is 3.60. The fourth-order valence-electron chi connectivity index (χ4n) is 4.78. The van der Waals surface area contributed by atoms with Crippen LogP contribution >= 0.6 is 24.0 Å². The van der Waals surface area contributed by atoms with Gasteiger partial charge in [0.25, 0.3) is 11.5 Å². The number of thioether (sulfide) groups is 1. The smallest absolute Gasteiger partial charge is 0.305 e. The van der Waals surface area contributed by atoms with Gasteiger partial charge in [-0.25, -0.2) is 0 Å². The molecule has 8 nitrogen and oxygen atoms in total. The lowest BCUT2D eigenvalue weighted by Crippen LogP contribution is -2.43. The van der Waals surface area contributed by atoms with Crippen LogP contribution in [0.25, 0.3) is 6.08 Å². The Kier molecular flexibility index (Phi) is 8.21. The van der Waals surface area contributed by atoms with Gasteiger partial charge in [0, 0.05) is 31.7 Å². The first kappa shape index (κ1) is 26.0. The number of thiocarbonyl (C=S) groups is 1. The van der Waals surface area contributed by atoms with Crippen LogP contribution in [0.5, 0.6) is 0 Å². The molecule has 34 heavy (non-hydrogen) atoms. The van der Waals surface area contributed by atoms with Gasteiger partial charge in [0.2, 0.25) is 0 Å². The molecule has 2 saturated heterocycles. The maximum atomic E-state index is 13.3. The number of pyridine rings is 1. The van der Waals surface area contributed by atoms with E-state index in [1.807, 2.05) is 6.92 Å². The molecule has 0 bridgehead atoms. The zero-order valence-electron chi connectivity index (χ0n) is 20.0. The van der Waals surface area contributed by atoms with E-state index < -0.39 is 5.97 Å². The lowest BCUT2D eigenvalue weighted by Gasteiger charge is -2.39. The second-order valence-electron chi connectivity index (χ2n) is 9.13. The van der Waals surface area contributed by atoms with E-state index >= 15 is 0 Å². The average molecular weight is 503 g/mol. The number of nitrogens with zero attached hydrogens (tertiary/aromatic N) is 4. The van der Waals surface area contributed by atoms with Gasteiger partial charge in [0.1, 0.15) is 21.8 Å². The van der Waals surface area contributed by atoms with Crippen molar-refractivity contribution in [1.82, 2.24) is 9.47 Å². The van der Waals surface area contributed by atoms with Gasteiger partial charge in [-0.3, -0.25) is 23.9 Å². The first-order valence-corrected chi connectivity index (χ1v) is 12.7. The quantitative estimate of drug-likeness (QED) is 0.445. The van der Waals surface area contributed by atoms with Crippen LogP contribution in [0.3, 0.4) is 0 Å². The molecule has 182 valence electrons. The predicted molar refractivity (Wildman–Crippen MR) is 138 cm³/mol. The third kappa shape index (κ3) is 5.20. The van der Waals surface area contributed by atoms with E-state index in [1.165, 1.54) is 4.90 Å². The Morgan fingerprint density at radius 2 is 1.91 bits per heavy atom. The van der Waals surface area contributed by atoms with Crippen LogP contribution in [0.4, 0.5) is 5.82 Å². The Morgan fingerprint density at radius 1 is 1.26 bits per heavy atom. The Balaban J connectivity index is 2.20. The highest BCUT2D eigenvalue weighted by Gasteiger charge is 2.34. The molecule has 2 aliphatic heterocycles. The number of hydrogen-bond donors (Lipinski definition) is 1. The maximum absolute atomic E-state index is 13.3. The number of carboxylic acids is 1. The van der Waals surface area contributed by atoms with Crippen molar-refractivity contribution in [3.8, 4) is 6.07 Å². The molecule has 2 unspecified atom stereocenters. The number of amides is 1. The Labute approximate surface area is 209 Å². The summed E-state index contributed by atoms with van der Waals surface area (Å²) < 4.78 is 1.98. The van der Waals surface area contributed by atoms with Crippen LogP contribution in [0.15, 0.2) is 9.70 Å².